The summed E-state index contributed by atoms with van der Waals surface area (Å²) < 4.78 is 0. The number of hydrogen-bond donors (Lipinski definition) is 1. The summed E-state index contributed by atoms with van der Waals surface area (Å²) in [7, 11) is 0. The van der Waals surface area contributed by atoms with Crippen LogP contribution in [0.1, 0.15) is 18.1 Å². The van der Waals surface area contributed by atoms with Crippen molar-refractivity contribution in [3.63, 3.8) is 0 Å². The number of aryl methyl sites for hydroxylation is 2. The highest BCUT2D eigenvalue weighted by Gasteiger charge is 2.15. The van der Waals surface area contributed by atoms with Crippen LogP contribution in [0.4, 0.5) is 5.69 Å². The van der Waals surface area contributed by atoms with Gasteiger partial charge in [-0.05, 0) is 31.0 Å². The molecule has 0 spiro atoms. The van der Waals surface area contributed by atoms with Crippen molar-refractivity contribution in [3.05, 3.63) is 29.3 Å². The van der Waals surface area contributed by atoms with Gasteiger partial charge in [-0.25, -0.2) is 0 Å². The molecule has 1 N–H and O–H groups in total. The van der Waals surface area contributed by atoms with Crippen molar-refractivity contribution >= 4 is 22.6 Å². The second-order valence-corrected chi connectivity index (χ2v) is 5.44. The molecular formula is C12H16N2S. The molecule has 2 nitrogen and oxygen atoms in total. The molecule has 1 heterocycles. The highest BCUT2D eigenvalue weighted by Crippen LogP contribution is 2.24. The standard InChI is InChI=1S/C12H16N2S/c1-8-4-5-9(2)11(6-8)14-12-13-7-10(3)15-12/h4-6,10H,7H2,1-3H3,(H,13,14). The Hall–Kier alpha value is -0.960. The van der Waals surface area contributed by atoms with E-state index in [4.69, 9.17) is 0 Å². The normalized spacial score (nSPS) is 20.2. The predicted octanol–water partition coefficient (Wildman–Crippen LogP) is 3.21. The molecule has 1 aliphatic rings. The average Bonchev–Trinajstić information content (AvgIpc) is 2.58. The first kappa shape index (κ1) is 10.6. The third-order valence-corrected chi connectivity index (χ3v) is 3.45. The molecule has 0 amide bonds. The van der Waals surface area contributed by atoms with Gasteiger partial charge >= 0.3 is 0 Å². The minimum Gasteiger partial charge on any atom is -0.335 e. The lowest BCUT2D eigenvalue weighted by Gasteiger charge is -2.09. The third kappa shape index (κ3) is 2.53. The Balaban J connectivity index is 2.14. The van der Waals surface area contributed by atoms with E-state index in [2.05, 4.69) is 49.3 Å². The fourth-order valence-electron chi connectivity index (χ4n) is 1.53. The van der Waals surface area contributed by atoms with Crippen LogP contribution in [0.5, 0.6) is 0 Å². The van der Waals surface area contributed by atoms with Crippen LogP contribution in [0.25, 0.3) is 0 Å². The molecule has 2 rings (SSSR count). The Labute approximate surface area is 95.2 Å². The van der Waals surface area contributed by atoms with E-state index in [-0.39, 0.29) is 0 Å². The number of rotatable bonds is 1. The van der Waals surface area contributed by atoms with Crippen LogP contribution in [-0.4, -0.2) is 17.0 Å². The lowest BCUT2D eigenvalue weighted by atomic mass is 10.1. The first-order valence-electron chi connectivity index (χ1n) is 5.20. The summed E-state index contributed by atoms with van der Waals surface area (Å²) in [5.41, 5.74) is 3.72. The van der Waals surface area contributed by atoms with Crippen LogP contribution in [0, 0.1) is 13.8 Å². The van der Waals surface area contributed by atoms with Gasteiger partial charge in [-0.15, -0.1) is 0 Å². The molecule has 1 aromatic carbocycles. The van der Waals surface area contributed by atoms with Gasteiger partial charge in [0, 0.05) is 10.9 Å². The van der Waals surface area contributed by atoms with Gasteiger partial charge in [0.2, 0.25) is 0 Å². The fourth-order valence-corrected chi connectivity index (χ4v) is 2.38. The lowest BCUT2D eigenvalue weighted by Crippen LogP contribution is -2.07. The monoisotopic (exact) mass is 220 g/mol. The molecule has 0 radical (unpaired) electrons. The number of aliphatic imine (C=N–C) groups is 1. The fraction of sp³-hybridized carbons (Fsp3) is 0.417. The first-order valence-corrected chi connectivity index (χ1v) is 6.08. The van der Waals surface area contributed by atoms with Crippen molar-refractivity contribution in [2.45, 2.75) is 26.0 Å². The van der Waals surface area contributed by atoms with Gasteiger partial charge in [0.15, 0.2) is 5.17 Å². The van der Waals surface area contributed by atoms with Gasteiger partial charge in [0.25, 0.3) is 0 Å². The second-order valence-electron chi connectivity index (χ2n) is 4.02. The SMILES string of the molecule is Cc1ccc(C)c(NC2=NCC(C)S2)c1. The summed E-state index contributed by atoms with van der Waals surface area (Å²) in [6.45, 7) is 7.35. The predicted molar refractivity (Wildman–Crippen MR) is 68.9 cm³/mol. The molecule has 1 aliphatic heterocycles. The third-order valence-electron chi connectivity index (χ3n) is 2.44. The Morgan fingerprint density at radius 3 is 2.87 bits per heavy atom. The summed E-state index contributed by atoms with van der Waals surface area (Å²) in [5, 5.41) is 5.05. The Morgan fingerprint density at radius 2 is 2.20 bits per heavy atom. The van der Waals surface area contributed by atoms with E-state index in [0.29, 0.717) is 5.25 Å². The molecule has 0 saturated carbocycles. The van der Waals surface area contributed by atoms with Crippen molar-refractivity contribution < 1.29 is 0 Å². The Kier molecular flexibility index (Phi) is 3.00. The van der Waals surface area contributed by atoms with E-state index in [9.17, 15) is 0 Å². The molecule has 3 heteroatoms. The zero-order chi connectivity index (χ0) is 10.8. The highest BCUT2D eigenvalue weighted by atomic mass is 32.2. The Bertz CT molecular complexity index is 399. The molecule has 1 unspecified atom stereocenters. The van der Waals surface area contributed by atoms with Crippen LogP contribution in [0.2, 0.25) is 0 Å². The lowest BCUT2D eigenvalue weighted by molar-refractivity contribution is 0.976. The van der Waals surface area contributed by atoms with Gasteiger partial charge in [0.1, 0.15) is 0 Å². The van der Waals surface area contributed by atoms with Crippen LogP contribution in [0.15, 0.2) is 23.2 Å². The topological polar surface area (TPSA) is 24.4 Å². The van der Waals surface area contributed by atoms with E-state index in [1.54, 1.807) is 0 Å². The molecule has 0 aromatic heterocycles. The Morgan fingerprint density at radius 1 is 1.40 bits per heavy atom. The molecule has 0 saturated heterocycles. The molecular weight excluding hydrogens is 204 g/mol. The van der Waals surface area contributed by atoms with Crippen molar-refractivity contribution in [2.24, 2.45) is 4.99 Å². The van der Waals surface area contributed by atoms with Gasteiger partial charge < -0.3 is 5.32 Å². The highest BCUT2D eigenvalue weighted by molar-refractivity contribution is 8.15. The molecule has 0 aliphatic carbocycles. The number of nitrogens with one attached hydrogen (secondary N) is 1. The zero-order valence-corrected chi connectivity index (χ0v) is 10.2. The first-order chi connectivity index (χ1) is 7.15. The molecule has 1 aromatic rings. The summed E-state index contributed by atoms with van der Waals surface area (Å²) in [5.74, 6) is 0. The smallest absolute Gasteiger partial charge is 0.161 e. The van der Waals surface area contributed by atoms with Crippen LogP contribution >= 0.6 is 11.8 Å². The van der Waals surface area contributed by atoms with Crippen molar-refractivity contribution in [2.75, 3.05) is 11.9 Å². The molecule has 0 fully saturated rings. The number of benzene rings is 1. The summed E-state index contributed by atoms with van der Waals surface area (Å²) in [6.07, 6.45) is 0. The number of amidine groups is 1. The van der Waals surface area contributed by atoms with E-state index in [0.717, 1.165) is 11.7 Å². The minimum atomic E-state index is 0.609. The number of anilines is 1. The quantitative estimate of drug-likeness (QED) is 0.786. The maximum atomic E-state index is 4.45. The van der Waals surface area contributed by atoms with Gasteiger partial charge in [-0.1, -0.05) is 30.8 Å². The van der Waals surface area contributed by atoms with Crippen molar-refractivity contribution in [3.8, 4) is 0 Å². The van der Waals surface area contributed by atoms with E-state index in [1.165, 1.54) is 16.8 Å². The molecule has 0 bridgehead atoms. The average molecular weight is 220 g/mol. The van der Waals surface area contributed by atoms with E-state index >= 15 is 0 Å². The summed E-state index contributed by atoms with van der Waals surface area (Å²) in [4.78, 5) is 4.45. The molecule has 80 valence electrons. The van der Waals surface area contributed by atoms with Gasteiger partial charge in [-0.3, -0.25) is 4.99 Å². The summed E-state index contributed by atoms with van der Waals surface area (Å²) >= 11 is 1.81. The minimum absolute atomic E-state index is 0.609. The maximum Gasteiger partial charge on any atom is 0.161 e. The van der Waals surface area contributed by atoms with Crippen molar-refractivity contribution in [1.29, 1.82) is 0 Å². The zero-order valence-electron chi connectivity index (χ0n) is 9.37. The number of hydrogen-bond acceptors (Lipinski definition) is 3. The second kappa shape index (κ2) is 4.27. The molecule has 15 heavy (non-hydrogen) atoms. The van der Waals surface area contributed by atoms with Crippen molar-refractivity contribution in [1.82, 2.24) is 0 Å². The van der Waals surface area contributed by atoms with Crippen LogP contribution in [-0.2, 0) is 0 Å². The van der Waals surface area contributed by atoms with Gasteiger partial charge in [0.05, 0.1) is 6.54 Å². The molecule has 1 atom stereocenters. The largest absolute Gasteiger partial charge is 0.335 e. The summed E-state index contributed by atoms with van der Waals surface area (Å²) in [6, 6.07) is 6.44. The number of thioether (sulfide) groups is 1. The van der Waals surface area contributed by atoms with E-state index < -0.39 is 0 Å². The van der Waals surface area contributed by atoms with Crippen LogP contribution in [0.3, 0.4) is 0 Å². The number of nitrogens with zero attached hydrogens (tertiary/aromatic N) is 1. The van der Waals surface area contributed by atoms with E-state index in [1.807, 2.05) is 11.8 Å². The van der Waals surface area contributed by atoms with Gasteiger partial charge in [-0.2, -0.15) is 0 Å². The maximum absolute atomic E-state index is 4.45. The van der Waals surface area contributed by atoms with Crippen LogP contribution < -0.4 is 5.32 Å².